The number of benzene rings is 2. The summed E-state index contributed by atoms with van der Waals surface area (Å²) in [5, 5.41) is 12.3. The second-order valence-electron chi connectivity index (χ2n) is 8.37. The number of anilines is 1. The minimum atomic E-state index is -3.40. The minimum Gasteiger partial charge on any atom is -0.300 e. The molecule has 1 saturated heterocycles. The number of aromatic nitrogens is 2. The predicted molar refractivity (Wildman–Crippen MR) is 132 cm³/mol. The quantitative estimate of drug-likeness (QED) is 0.519. The van der Waals surface area contributed by atoms with Crippen LogP contribution in [0.5, 0.6) is 0 Å². The molecule has 0 bridgehead atoms. The van der Waals surface area contributed by atoms with E-state index in [2.05, 4.69) is 15.5 Å². The fourth-order valence-electron chi connectivity index (χ4n) is 3.94. The van der Waals surface area contributed by atoms with Gasteiger partial charge in [-0.2, -0.15) is 0 Å². The smallest absolute Gasteiger partial charge is 0.230 e. The molecule has 1 N–H and O–H groups in total. The maximum atomic E-state index is 12.9. The molecule has 1 aliphatic heterocycles. The van der Waals surface area contributed by atoms with E-state index in [-0.39, 0.29) is 18.2 Å². The molecule has 1 amide bonds. The Hall–Kier alpha value is -2.62. The highest BCUT2D eigenvalue weighted by Crippen LogP contribution is 2.28. The number of rotatable bonds is 8. The molecule has 3 aromatic rings. The van der Waals surface area contributed by atoms with Gasteiger partial charge in [-0.05, 0) is 38.2 Å². The van der Waals surface area contributed by atoms with Gasteiger partial charge >= 0.3 is 0 Å². The van der Waals surface area contributed by atoms with Gasteiger partial charge in [0.2, 0.25) is 21.1 Å². The average molecular weight is 485 g/mol. The summed E-state index contributed by atoms with van der Waals surface area (Å²) in [5.74, 6) is -0.507. The van der Waals surface area contributed by atoms with Gasteiger partial charge in [0.05, 0.1) is 11.7 Å². The number of carbonyl (C=O) groups excluding carboxylic acids is 1. The summed E-state index contributed by atoms with van der Waals surface area (Å²) in [6, 6.07) is 17.8. The van der Waals surface area contributed by atoms with Crippen LogP contribution in [0.15, 0.2) is 54.6 Å². The topological polar surface area (TPSA) is 92.3 Å². The second-order valence-corrected chi connectivity index (χ2v) is 11.4. The van der Waals surface area contributed by atoms with Crippen molar-refractivity contribution in [1.82, 2.24) is 14.5 Å². The lowest BCUT2D eigenvalue weighted by molar-refractivity contribution is -0.120. The van der Waals surface area contributed by atoms with Gasteiger partial charge in [-0.25, -0.2) is 12.7 Å². The molecule has 0 unspecified atom stereocenters. The molecule has 33 heavy (non-hydrogen) atoms. The van der Waals surface area contributed by atoms with E-state index in [0.29, 0.717) is 30.9 Å². The van der Waals surface area contributed by atoms with Gasteiger partial charge in [-0.3, -0.25) is 4.79 Å². The molecular formula is C24H28N4O3S2. The number of sulfonamides is 1. The fourth-order valence-corrected chi connectivity index (χ4v) is 6.27. The molecule has 1 atom stereocenters. The number of carbonyl (C=O) groups is 1. The van der Waals surface area contributed by atoms with Gasteiger partial charge in [0.25, 0.3) is 0 Å². The molecule has 7 nitrogen and oxygen atoms in total. The van der Waals surface area contributed by atoms with E-state index in [0.717, 1.165) is 28.1 Å². The lowest BCUT2D eigenvalue weighted by atomic mass is 9.99. The Morgan fingerprint density at radius 1 is 1.12 bits per heavy atom. The van der Waals surface area contributed by atoms with Crippen molar-refractivity contribution >= 4 is 32.4 Å². The zero-order chi connectivity index (χ0) is 23.3. The van der Waals surface area contributed by atoms with Crippen molar-refractivity contribution in [2.75, 3.05) is 24.2 Å². The number of hydrogen-bond acceptors (Lipinski definition) is 6. The molecule has 0 aliphatic carbocycles. The number of aryl methyl sites for hydroxylation is 2. The molecule has 2 aromatic carbocycles. The third kappa shape index (κ3) is 6.25. The van der Waals surface area contributed by atoms with Gasteiger partial charge in [0.1, 0.15) is 5.01 Å². The summed E-state index contributed by atoms with van der Waals surface area (Å²) < 4.78 is 27.2. The largest absolute Gasteiger partial charge is 0.300 e. The maximum Gasteiger partial charge on any atom is 0.230 e. The van der Waals surface area contributed by atoms with Crippen LogP contribution in [-0.4, -0.2) is 47.7 Å². The van der Waals surface area contributed by atoms with Crippen LogP contribution in [0.2, 0.25) is 0 Å². The minimum absolute atomic E-state index is 0.0898. The average Bonchev–Trinajstić information content (AvgIpc) is 3.28. The van der Waals surface area contributed by atoms with Crippen LogP contribution in [0.4, 0.5) is 5.13 Å². The van der Waals surface area contributed by atoms with E-state index in [1.165, 1.54) is 15.6 Å². The van der Waals surface area contributed by atoms with Crippen LogP contribution in [0.1, 0.15) is 30.4 Å². The van der Waals surface area contributed by atoms with Crippen molar-refractivity contribution in [2.24, 2.45) is 5.92 Å². The van der Waals surface area contributed by atoms with Gasteiger partial charge in [0, 0.05) is 18.7 Å². The Labute approximate surface area is 198 Å². The van der Waals surface area contributed by atoms with Crippen LogP contribution in [0.25, 0.3) is 10.6 Å². The first-order valence-corrected chi connectivity index (χ1v) is 13.6. The third-order valence-corrected chi connectivity index (χ3v) is 8.62. The number of hydrogen-bond donors (Lipinski definition) is 1. The Morgan fingerprint density at radius 3 is 2.64 bits per heavy atom. The zero-order valence-corrected chi connectivity index (χ0v) is 20.2. The Kier molecular flexibility index (Phi) is 7.52. The van der Waals surface area contributed by atoms with Gasteiger partial charge in [-0.1, -0.05) is 71.5 Å². The predicted octanol–water partition coefficient (Wildman–Crippen LogP) is 4.13. The number of piperidine rings is 1. The first kappa shape index (κ1) is 23.5. The second kappa shape index (κ2) is 10.5. The van der Waals surface area contributed by atoms with E-state index in [1.807, 2.05) is 61.5 Å². The lowest BCUT2D eigenvalue weighted by Gasteiger charge is -2.31. The van der Waals surface area contributed by atoms with Crippen LogP contribution in [0, 0.1) is 12.8 Å². The summed E-state index contributed by atoms with van der Waals surface area (Å²) in [6.07, 6.45) is 2.61. The standard InChI is InChI=1S/C24H28N4O3S2/c1-18-11-13-20(14-12-18)23-26-27-24(32-23)25-22(29)21-10-5-15-28(17-21)33(30,31)16-6-9-19-7-3-2-4-8-19/h2-4,7-8,11-14,21H,5-6,9-10,15-17H2,1H3,(H,25,27,29)/t21-/m1/s1. The summed E-state index contributed by atoms with van der Waals surface area (Å²) >= 11 is 1.31. The molecule has 1 aromatic heterocycles. The molecule has 0 spiro atoms. The van der Waals surface area contributed by atoms with Crippen molar-refractivity contribution in [3.63, 3.8) is 0 Å². The van der Waals surface area contributed by atoms with Crippen molar-refractivity contribution in [3.05, 3.63) is 65.7 Å². The van der Waals surface area contributed by atoms with Crippen LogP contribution in [-0.2, 0) is 21.2 Å². The third-order valence-electron chi connectivity index (χ3n) is 5.81. The highest BCUT2D eigenvalue weighted by molar-refractivity contribution is 7.89. The first-order chi connectivity index (χ1) is 15.9. The Balaban J connectivity index is 1.32. The molecule has 9 heteroatoms. The van der Waals surface area contributed by atoms with E-state index in [4.69, 9.17) is 0 Å². The van der Waals surface area contributed by atoms with Crippen molar-refractivity contribution in [1.29, 1.82) is 0 Å². The maximum absolute atomic E-state index is 12.9. The Morgan fingerprint density at radius 2 is 1.88 bits per heavy atom. The molecule has 1 fully saturated rings. The van der Waals surface area contributed by atoms with Crippen molar-refractivity contribution < 1.29 is 13.2 Å². The van der Waals surface area contributed by atoms with Crippen molar-refractivity contribution in [3.8, 4) is 10.6 Å². The highest BCUT2D eigenvalue weighted by Gasteiger charge is 2.32. The van der Waals surface area contributed by atoms with Crippen LogP contribution >= 0.6 is 11.3 Å². The van der Waals surface area contributed by atoms with Crippen LogP contribution < -0.4 is 5.32 Å². The van der Waals surface area contributed by atoms with E-state index in [9.17, 15) is 13.2 Å². The van der Waals surface area contributed by atoms with Gasteiger partial charge < -0.3 is 5.32 Å². The van der Waals surface area contributed by atoms with Gasteiger partial charge in [-0.15, -0.1) is 10.2 Å². The molecular weight excluding hydrogens is 456 g/mol. The molecule has 1 aliphatic rings. The molecule has 0 radical (unpaired) electrons. The number of amides is 1. The molecule has 2 heterocycles. The fraction of sp³-hybridized carbons (Fsp3) is 0.375. The SMILES string of the molecule is Cc1ccc(-c2nnc(NC(=O)[C@@H]3CCCN(S(=O)(=O)CCCc4ccccc4)C3)s2)cc1. The summed E-state index contributed by atoms with van der Waals surface area (Å²) in [5.41, 5.74) is 3.24. The molecule has 174 valence electrons. The number of nitrogens with zero attached hydrogens (tertiary/aromatic N) is 3. The number of nitrogens with one attached hydrogen (secondary N) is 1. The summed E-state index contributed by atoms with van der Waals surface area (Å²) in [7, 11) is -3.40. The van der Waals surface area contributed by atoms with Gasteiger partial charge in [0.15, 0.2) is 0 Å². The molecule has 4 rings (SSSR count). The normalized spacial score (nSPS) is 17.1. The van der Waals surface area contributed by atoms with E-state index < -0.39 is 15.9 Å². The highest BCUT2D eigenvalue weighted by atomic mass is 32.2. The Bertz CT molecular complexity index is 1180. The molecule has 0 saturated carbocycles. The summed E-state index contributed by atoms with van der Waals surface area (Å²) in [6.45, 7) is 2.70. The first-order valence-electron chi connectivity index (χ1n) is 11.1. The lowest BCUT2D eigenvalue weighted by Crippen LogP contribution is -2.44. The van der Waals surface area contributed by atoms with Crippen molar-refractivity contribution in [2.45, 2.75) is 32.6 Å². The van der Waals surface area contributed by atoms with Crippen LogP contribution in [0.3, 0.4) is 0 Å². The van der Waals surface area contributed by atoms with E-state index >= 15 is 0 Å². The monoisotopic (exact) mass is 484 g/mol. The zero-order valence-electron chi connectivity index (χ0n) is 18.6. The summed E-state index contributed by atoms with van der Waals surface area (Å²) in [4.78, 5) is 12.8. The van der Waals surface area contributed by atoms with E-state index in [1.54, 1.807) is 0 Å².